The van der Waals surface area contributed by atoms with E-state index < -0.39 is 0 Å². The van der Waals surface area contributed by atoms with Crippen LogP contribution in [0.4, 0.5) is 5.69 Å². The molecule has 0 aromatic carbocycles. The van der Waals surface area contributed by atoms with Gasteiger partial charge in [-0.2, -0.15) is 0 Å². The molecule has 2 heteroatoms. The fourth-order valence-electron chi connectivity index (χ4n) is 2.23. The van der Waals surface area contributed by atoms with Crippen LogP contribution < -0.4 is 4.90 Å². The van der Waals surface area contributed by atoms with Crippen molar-refractivity contribution in [3.63, 3.8) is 0 Å². The highest BCUT2D eigenvalue weighted by atomic mass is 15.1. The van der Waals surface area contributed by atoms with Crippen LogP contribution in [0, 0.1) is 0 Å². The first-order valence-corrected chi connectivity index (χ1v) is 5.45. The molecule has 0 N–H and O–H groups in total. The number of rotatable bonds is 2. The zero-order valence-corrected chi connectivity index (χ0v) is 9.25. The molecule has 0 atom stereocenters. The monoisotopic (exact) mass is 190 g/mol. The number of pyridine rings is 1. The Bertz CT molecular complexity index is 331. The first kappa shape index (κ1) is 9.50. The number of fused-ring (bicyclic) bond motifs is 1. The normalized spacial score (nSPS) is 15.0. The summed E-state index contributed by atoms with van der Waals surface area (Å²) in [6, 6.07) is 0. The summed E-state index contributed by atoms with van der Waals surface area (Å²) in [7, 11) is 0. The summed E-state index contributed by atoms with van der Waals surface area (Å²) in [6.45, 7) is 8.95. The van der Waals surface area contributed by atoms with Crippen molar-refractivity contribution in [2.45, 2.75) is 33.1 Å². The maximum absolute atomic E-state index is 4.33. The van der Waals surface area contributed by atoms with Crippen LogP contribution in [0.25, 0.3) is 0 Å². The van der Waals surface area contributed by atoms with Gasteiger partial charge in [0.25, 0.3) is 0 Å². The average Bonchev–Trinajstić information content (AvgIpc) is 2.59. The molecule has 0 fully saturated rings. The molecule has 0 radical (unpaired) electrons. The molecule has 76 valence electrons. The molecule has 1 aromatic heterocycles. The zero-order chi connectivity index (χ0) is 10.1. The van der Waals surface area contributed by atoms with Crippen molar-refractivity contribution < 1.29 is 0 Å². The largest absolute Gasteiger partial charge is 0.370 e. The van der Waals surface area contributed by atoms with Crippen molar-refractivity contribution in [3.05, 3.63) is 23.5 Å². The molecule has 2 rings (SSSR count). The van der Waals surface area contributed by atoms with Crippen LogP contribution in [-0.2, 0) is 6.42 Å². The van der Waals surface area contributed by atoms with Gasteiger partial charge in [-0.3, -0.25) is 4.98 Å². The fraction of sp³-hybridized carbons (Fsp3) is 0.583. The number of aromatic nitrogens is 1. The fourth-order valence-corrected chi connectivity index (χ4v) is 2.23. The molecule has 0 saturated carbocycles. The second kappa shape index (κ2) is 3.60. The Kier molecular flexibility index (Phi) is 2.44. The molecule has 0 spiro atoms. The molecule has 0 aliphatic carbocycles. The Morgan fingerprint density at radius 2 is 2.21 bits per heavy atom. The third-order valence-electron chi connectivity index (χ3n) is 3.04. The van der Waals surface area contributed by atoms with Crippen molar-refractivity contribution in [2.24, 2.45) is 0 Å². The van der Waals surface area contributed by atoms with Crippen molar-refractivity contribution >= 4 is 5.69 Å². The van der Waals surface area contributed by atoms with Gasteiger partial charge in [-0.25, -0.2) is 0 Å². The average molecular weight is 190 g/mol. The van der Waals surface area contributed by atoms with Gasteiger partial charge in [0.15, 0.2) is 0 Å². The van der Waals surface area contributed by atoms with E-state index in [0.29, 0.717) is 5.92 Å². The standard InChI is InChI=1S/C12H18N2/c1-4-14-6-5-10-11(9(2)3)7-13-8-12(10)14/h7-9H,4-6H2,1-3H3. The number of anilines is 1. The lowest BCUT2D eigenvalue weighted by atomic mass is 9.98. The Morgan fingerprint density at radius 1 is 1.43 bits per heavy atom. The minimum Gasteiger partial charge on any atom is -0.370 e. The van der Waals surface area contributed by atoms with E-state index in [-0.39, 0.29) is 0 Å². The molecule has 0 bridgehead atoms. The quantitative estimate of drug-likeness (QED) is 0.712. The summed E-state index contributed by atoms with van der Waals surface area (Å²) in [5.41, 5.74) is 4.31. The lowest BCUT2D eigenvalue weighted by Gasteiger charge is -2.17. The van der Waals surface area contributed by atoms with Crippen molar-refractivity contribution in [2.75, 3.05) is 18.0 Å². The van der Waals surface area contributed by atoms with Crippen LogP contribution >= 0.6 is 0 Å². The summed E-state index contributed by atoms with van der Waals surface area (Å²) in [5, 5.41) is 0. The van der Waals surface area contributed by atoms with Crippen molar-refractivity contribution in [3.8, 4) is 0 Å². The van der Waals surface area contributed by atoms with Crippen LogP contribution in [0.3, 0.4) is 0 Å². The third-order valence-corrected chi connectivity index (χ3v) is 3.04. The van der Waals surface area contributed by atoms with Crippen molar-refractivity contribution in [1.82, 2.24) is 4.98 Å². The molecular weight excluding hydrogens is 172 g/mol. The van der Waals surface area contributed by atoms with E-state index in [1.165, 1.54) is 23.2 Å². The molecule has 0 unspecified atom stereocenters. The Labute approximate surface area is 86.0 Å². The van der Waals surface area contributed by atoms with E-state index in [2.05, 4.69) is 30.7 Å². The Balaban J connectivity index is 2.44. The zero-order valence-electron chi connectivity index (χ0n) is 9.25. The van der Waals surface area contributed by atoms with Crippen LogP contribution in [0.2, 0.25) is 0 Å². The molecule has 2 heterocycles. The van der Waals surface area contributed by atoms with Gasteiger partial charge in [-0.1, -0.05) is 13.8 Å². The molecule has 14 heavy (non-hydrogen) atoms. The van der Waals surface area contributed by atoms with E-state index in [1.54, 1.807) is 0 Å². The van der Waals surface area contributed by atoms with Gasteiger partial charge < -0.3 is 4.90 Å². The second-order valence-electron chi connectivity index (χ2n) is 4.21. The maximum atomic E-state index is 4.33. The van der Waals surface area contributed by atoms with Gasteiger partial charge in [-0.15, -0.1) is 0 Å². The van der Waals surface area contributed by atoms with Gasteiger partial charge in [0.1, 0.15) is 0 Å². The maximum Gasteiger partial charge on any atom is 0.0588 e. The predicted octanol–water partition coefficient (Wildman–Crippen LogP) is 2.59. The van der Waals surface area contributed by atoms with E-state index in [0.717, 1.165) is 13.1 Å². The van der Waals surface area contributed by atoms with Gasteiger partial charge in [0.2, 0.25) is 0 Å². The van der Waals surface area contributed by atoms with E-state index in [1.807, 2.05) is 12.4 Å². The summed E-state index contributed by atoms with van der Waals surface area (Å²) in [4.78, 5) is 6.74. The second-order valence-corrected chi connectivity index (χ2v) is 4.21. The molecular formula is C12H18N2. The van der Waals surface area contributed by atoms with E-state index in [4.69, 9.17) is 0 Å². The highest BCUT2D eigenvalue weighted by Crippen LogP contribution is 2.32. The molecule has 2 nitrogen and oxygen atoms in total. The minimum absolute atomic E-state index is 0.592. The summed E-state index contributed by atoms with van der Waals surface area (Å²) >= 11 is 0. The summed E-state index contributed by atoms with van der Waals surface area (Å²) < 4.78 is 0. The first-order valence-electron chi connectivity index (χ1n) is 5.45. The van der Waals surface area contributed by atoms with Crippen LogP contribution in [0.1, 0.15) is 37.8 Å². The SMILES string of the molecule is CCN1CCc2c(C(C)C)cncc21. The van der Waals surface area contributed by atoms with Crippen LogP contribution in [0.5, 0.6) is 0 Å². The van der Waals surface area contributed by atoms with Gasteiger partial charge >= 0.3 is 0 Å². The summed E-state index contributed by atoms with van der Waals surface area (Å²) in [6.07, 6.45) is 5.24. The van der Waals surface area contributed by atoms with Crippen molar-refractivity contribution in [1.29, 1.82) is 0 Å². The van der Waals surface area contributed by atoms with Gasteiger partial charge in [-0.05, 0) is 30.4 Å². The number of hydrogen-bond acceptors (Lipinski definition) is 2. The Morgan fingerprint density at radius 3 is 2.86 bits per heavy atom. The van der Waals surface area contributed by atoms with Gasteiger partial charge in [0, 0.05) is 19.3 Å². The third kappa shape index (κ3) is 1.39. The van der Waals surface area contributed by atoms with Gasteiger partial charge in [0.05, 0.1) is 11.9 Å². The van der Waals surface area contributed by atoms with E-state index in [9.17, 15) is 0 Å². The minimum atomic E-state index is 0.592. The lowest BCUT2D eigenvalue weighted by Crippen LogP contribution is -2.19. The van der Waals surface area contributed by atoms with Crippen LogP contribution in [0.15, 0.2) is 12.4 Å². The highest BCUT2D eigenvalue weighted by Gasteiger charge is 2.21. The molecule has 0 saturated heterocycles. The lowest BCUT2D eigenvalue weighted by molar-refractivity contribution is 0.836. The number of hydrogen-bond donors (Lipinski definition) is 0. The number of nitrogens with zero attached hydrogens (tertiary/aromatic N) is 2. The topological polar surface area (TPSA) is 16.1 Å². The van der Waals surface area contributed by atoms with Crippen LogP contribution in [-0.4, -0.2) is 18.1 Å². The summed E-state index contributed by atoms with van der Waals surface area (Å²) in [5.74, 6) is 0.592. The molecule has 1 aromatic rings. The smallest absolute Gasteiger partial charge is 0.0588 e. The van der Waals surface area contributed by atoms with E-state index >= 15 is 0 Å². The molecule has 1 aliphatic heterocycles. The Hall–Kier alpha value is -1.05. The number of likely N-dealkylation sites (N-methyl/N-ethyl adjacent to an activating group) is 1. The predicted molar refractivity (Wildman–Crippen MR) is 59.9 cm³/mol. The first-order chi connectivity index (χ1) is 6.74. The highest BCUT2D eigenvalue weighted by molar-refractivity contribution is 5.59. The molecule has 1 aliphatic rings. The molecule has 0 amide bonds.